The highest BCUT2D eigenvalue weighted by molar-refractivity contribution is 5.92. The van der Waals surface area contributed by atoms with Crippen LogP contribution in [0.25, 0.3) is 0 Å². The van der Waals surface area contributed by atoms with Crippen molar-refractivity contribution in [1.82, 2.24) is 6.15 Å². The third-order valence-electron chi connectivity index (χ3n) is 3.89. The summed E-state index contributed by atoms with van der Waals surface area (Å²) in [6, 6.07) is 0. The lowest BCUT2D eigenvalue weighted by molar-refractivity contribution is -0.114. The molecular formula is C18H38N2O. The van der Waals surface area contributed by atoms with Crippen LogP contribution in [-0.4, -0.2) is 5.91 Å². The summed E-state index contributed by atoms with van der Waals surface area (Å²) in [5, 5.41) is 0. The van der Waals surface area contributed by atoms with Gasteiger partial charge in [-0.3, -0.25) is 4.79 Å². The van der Waals surface area contributed by atoms with E-state index in [2.05, 4.69) is 20.8 Å². The molecule has 0 fully saturated rings. The van der Waals surface area contributed by atoms with Crippen molar-refractivity contribution in [2.75, 3.05) is 0 Å². The van der Waals surface area contributed by atoms with Crippen molar-refractivity contribution in [2.24, 2.45) is 5.73 Å². The van der Waals surface area contributed by atoms with E-state index in [1.807, 2.05) is 0 Å². The first kappa shape index (κ1) is 22.5. The van der Waals surface area contributed by atoms with Crippen LogP contribution < -0.4 is 11.9 Å². The molecule has 126 valence electrons. The van der Waals surface area contributed by atoms with Crippen molar-refractivity contribution in [3.63, 3.8) is 0 Å². The van der Waals surface area contributed by atoms with Gasteiger partial charge >= 0.3 is 0 Å². The van der Waals surface area contributed by atoms with Crippen LogP contribution in [0.3, 0.4) is 0 Å². The van der Waals surface area contributed by atoms with Crippen LogP contribution in [0.4, 0.5) is 0 Å². The van der Waals surface area contributed by atoms with Gasteiger partial charge in [-0.05, 0) is 32.1 Å². The molecule has 0 heterocycles. The summed E-state index contributed by atoms with van der Waals surface area (Å²) >= 11 is 0. The van der Waals surface area contributed by atoms with Gasteiger partial charge in [0.05, 0.1) is 0 Å². The van der Waals surface area contributed by atoms with Gasteiger partial charge in [-0.15, -0.1) is 0 Å². The van der Waals surface area contributed by atoms with Gasteiger partial charge in [-0.25, -0.2) is 0 Å². The highest BCUT2D eigenvalue weighted by atomic mass is 16.1. The number of amides is 1. The molecule has 5 N–H and O–H groups in total. The second-order valence-electron chi connectivity index (χ2n) is 5.82. The lowest BCUT2D eigenvalue weighted by Gasteiger charge is -2.13. The zero-order valence-electron chi connectivity index (χ0n) is 14.7. The predicted molar refractivity (Wildman–Crippen MR) is 93.7 cm³/mol. The zero-order chi connectivity index (χ0) is 15.2. The van der Waals surface area contributed by atoms with E-state index in [1.54, 1.807) is 0 Å². The van der Waals surface area contributed by atoms with Gasteiger partial charge in [0.15, 0.2) is 0 Å². The molecule has 0 aromatic carbocycles. The van der Waals surface area contributed by atoms with Crippen molar-refractivity contribution in [3.05, 3.63) is 11.1 Å². The number of allylic oxidation sites excluding steroid dienone is 1. The molecule has 0 rings (SSSR count). The van der Waals surface area contributed by atoms with Crippen molar-refractivity contribution < 1.29 is 4.79 Å². The lowest BCUT2D eigenvalue weighted by Crippen LogP contribution is -2.16. The lowest BCUT2D eigenvalue weighted by atomic mass is 9.93. The average Bonchev–Trinajstić information content (AvgIpc) is 2.43. The highest BCUT2D eigenvalue weighted by Crippen LogP contribution is 2.23. The summed E-state index contributed by atoms with van der Waals surface area (Å²) < 4.78 is 0. The molecule has 0 unspecified atom stereocenters. The van der Waals surface area contributed by atoms with Crippen LogP contribution in [-0.2, 0) is 4.79 Å². The van der Waals surface area contributed by atoms with E-state index in [-0.39, 0.29) is 12.1 Å². The molecule has 0 saturated carbocycles. The summed E-state index contributed by atoms with van der Waals surface area (Å²) in [5.74, 6) is -0.187. The van der Waals surface area contributed by atoms with Gasteiger partial charge in [0.25, 0.3) is 0 Å². The molecule has 0 aliphatic carbocycles. The molecule has 3 heteroatoms. The van der Waals surface area contributed by atoms with Gasteiger partial charge in [-0.1, -0.05) is 71.3 Å². The van der Waals surface area contributed by atoms with E-state index >= 15 is 0 Å². The first-order chi connectivity index (χ1) is 9.67. The Morgan fingerprint density at radius 2 is 1.19 bits per heavy atom. The summed E-state index contributed by atoms with van der Waals surface area (Å²) in [6.07, 6.45) is 14.1. The van der Waals surface area contributed by atoms with E-state index in [0.717, 1.165) is 31.3 Å². The SMILES string of the molecule is CCCCCCC(CCCCCC)=C(CCC)C(N)=O.N. The van der Waals surface area contributed by atoms with Crippen molar-refractivity contribution >= 4 is 5.91 Å². The maximum absolute atomic E-state index is 11.7. The Labute approximate surface area is 132 Å². The molecule has 0 saturated heterocycles. The second-order valence-corrected chi connectivity index (χ2v) is 5.82. The number of primary amides is 1. The summed E-state index contributed by atoms with van der Waals surface area (Å²) in [4.78, 5) is 11.7. The van der Waals surface area contributed by atoms with Gasteiger partial charge in [0.2, 0.25) is 5.91 Å². The van der Waals surface area contributed by atoms with Crippen molar-refractivity contribution in [2.45, 2.75) is 97.8 Å². The summed E-state index contributed by atoms with van der Waals surface area (Å²) in [5.41, 5.74) is 7.87. The van der Waals surface area contributed by atoms with Gasteiger partial charge in [-0.2, -0.15) is 0 Å². The molecule has 0 aliphatic rings. The Morgan fingerprint density at radius 3 is 1.52 bits per heavy atom. The van der Waals surface area contributed by atoms with Crippen molar-refractivity contribution in [1.29, 1.82) is 0 Å². The van der Waals surface area contributed by atoms with Crippen LogP contribution in [0, 0.1) is 0 Å². The monoisotopic (exact) mass is 298 g/mol. The molecule has 0 atom stereocenters. The normalized spacial score (nSPS) is 10.0. The van der Waals surface area contributed by atoms with E-state index in [1.165, 1.54) is 56.9 Å². The number of carbonyl (C=O) groups is 1. The van der Waals surface area contributed by atoms with Crippen molar-refractivity contribution in [3.8, 4) is 0 Å². The minimum Gasteiger partial charge on any atom is -0.366 e. The molecule has 0 radical (unpaired) electrons. The maximum Gasteiger partial charge on any atom is 0.244 e. The van der Waals surface area contributed by atoms with E-state index in [0.29, 0.717) is 0 Å². The van der Waals surface area contributed by atoms with E-state index in [4.69, 9.17) is 5.73 Å². The Hall–Kier alpha value is -0.830. The van der Waals surface area contributed by atoms with Crippen LogP contribution in [0.15, 0.2) is 11.1 Å². The third-order valence-corrected chi connectivity index (χ3v) is 3.89. The largest absolute Gasteiger partial charge is 0.366 e. The number of hydrogen-bond donors (Lipinski definition) is 2. The Kier molecular flexibility index (Phi) is 16.6. The van der Waals surface area contributed by atoms with Crippen LogP contribution in [0.2, 0.25) is 0 Å². The molecule has 3 nitrogen and oxygen atoms in total. The van der Waals surface area contributed by atoms with Crippen LogP contribution >= 0.6 is 0 Å². The summed E-state index contributed by atoms with van der Waals surface area (Å²) in [7, 11) is 0. The molecule has 0 aromatic rings. The quantitative estimate of drug-likeness (QED) is 0.339. The fourth-order valence-corrected chi connectivity index (χ4v) is 2.68. The third kappa shape index (κ3) is 11.5. The Bertz CT molecular complexity index is 271. The Morgan fingerprint density at radius 1 is 0.714 bits per heavy atom. The fraction of sp³-hybridized carbons (Fsp3) is 0.833. The van der Waals surface area contributed by atoms with Crippen LogP contribution in [0.5, 0.6) is 0 Å². The van der Waals surface area contributed by atoms with Gasteiger partial charge in [0, 0.05) is 5.57 Å². The predicted octanol–water partition coefficient (Wildman–Crippen LogP) is 5.67. The first-order valence-electron chi connectivity index (χ1n) is 8.67. The standard InChI is InChI=1S/C18H35NO.H3N/c1-4-7-9-11-14-16(15-12-10-8-5-2)17(13-6-3)18(19)20;/h4-15H2,1-3H3,(H2,19,20);1H3. The molecule has 0 spiro atoms. The molecule has 0 aromatic heterocycles. The highest BCUT2D eigenvalue weighted by Gasteiger charge is 2.11. The number of carbonyl (C=O) groups excluding carboxylic acids is 1. The number of rotatable bonds is 13. The number of nitrogens with two attached hydrogens (primary N) is 1. The topological polar surface area (TPSA) is 78.1 Å². The van der Waals surface area contributed by atoms with E-state index < -0.39 is 0 Å². The number of unbranched alkanes of at least 4 members (excludes halogenated alkanes) is 6. The zero-order valence-corrected chi connectivity index (χ0v) is 14.7. The van der Waals surface area contributed by atoms with Gasteiger partial charge < -0.3 is 11.9 Å². The number of hydrogen-bond acceptors (Lipinski definition) is 2. The van der Waals surface area contributed by atoms with Gasteiger partial charge in [0.1, 0.15) is 0 Å². The minimum atomic E-state index is -0.187. The second kappa shape index (κ2) is 15.6. The minimum absolute atomic E-state index is 0. The molecule has 21 heavy (non-hydrogen) atoms. The smallest absolute Gasteiger partial charge is 0.244 e. The first-order valence-corrected chi connectivity index (χ1v) is 8.67. The fourth-order valence-electron chi connectivity index (χ4n) is 2.68. The Balaban J connectivity index is 0. The maximum atomic E-state index is 11.7. The molecular weight excluding hydrogens is 260 g/mol. The van der Waals surface area contributed by atoms with Crippen LogP contribution in [0.1, 0.15) is 97.8 Å². The molecule has 1 amide bonds. The van der Waals surface area contributed by atoms with E-state index in [9.17, 15) is 4.79 Å². The summed E-state index contributed by atoms with van der Waals surface area (Å²) in [6.45, 7) is 6.58. The average molecular weight is 299 g/mol. The molecule has 0 aliphatic heterocycles. The molecule has 0 bridgehead atoms.